The van der Waals surface area contributed by atoms with Crippen LogP contribution in [0, 0.1) is 0 Å². The molecule has 0 aromatic carbocycles. The van der Waals surface area contributed by atoms with Gasteiger partial charge in [-0.1, -0.05) is 11.6 Å². The Bertz CT molecular complexity index is 336. The molecule has 1 aromatic rings. The number of nitrogens with two attached hydrogens (primary N) is 1. The third-order valence-electron chi connectivity index (χ3n) is 1.63. The summed E-state index contributed by atoms with van der Waals surface area (Å²) >= 11 is 5.43. The molecule has 14 heavy (non-hydrogen) atoms. The van der Waals surface area contributed by atoms with Crippen LogP contribution in [-0.2, 0) is 6.18 Å². The Morgan fingerprint density at radius 2 is 2.00 bits per heavy atom. The van der Waals surface area contributed by atoms with E-state index in [0.29, 0.717) is 5.56 Å². The van der Waals surface area contributed by atoms with Crippen molar-refractivity contribution in [1.29, 1.82) is 0 Å². The average Bonchev–Trinajstić information content (AvgIpc) is 2.01. The molecule has 0 saturated heterocycles. The Morgan fingerprint density at radius 1 is 1.43 bits per heavy atom. The fraction of sp³-hybridized carbons (Fsp3) is 0.375. The molecule has 0 unspecified atom stereocenters. The molecule has 0 aliphatic heterocycles. The van der Waals surface area contributed by atoms with E-state index in [0.717, 1.165) is 6.07 Å². The fourth-order valence-corrected chi connectivity index (χ4v) is 1.14. The standard InChI is InChI=1S/C8H8ClF3N2/c1-4(13)5-2-6(8(10,11)12)14-7(9)3-5/h2-4H,13H2,1H3/t4-/m0/s1. The molecule has 6 heteroatoms. The third-order valence-corrected chi connectivity index (χ3v) is 1.83. The molecule has 0 fully saturated rings. The minimum Gasteiger partial charge on any atom is -0.324 e. The van der Waals surface area contributed by atoms with Crippen molar-refractivity contribution >= 4 is 11.6 Å². The van der Waals surface area contributed by atoms with Crippen LogP contribution in [0.5, 0.6) is 0 Å². The van der Waals surface area contributed by atoms with Crippen LogP contribution >= 0.6 is 11.6 Å². The number of hydrogen-bond donors (Lipinski definition) is 1. The highest BCUT2D eigenvalue weighted by molar-refractivity contribution is 6.29. The lowest BCUT2D eigenvalue weighted by Gasteiger charge is -2.10. The molecule has 1 heterocycles. The number of halogens is 4. The van der Waals surface area contributed by atoms with Gasteiger partial charge in [0.25, 0.3) is 0 Å². The summed E-state index contributed by atoms with van der Waals surface area (Å²) in [6.45, 7) is 1.58. The van der Waals surface area contributed by atoms with Gasteiger partial charge in [-0.3, -0.25) is 0 Å². The van der Waals surface area contributed by atoms with Crippen molar-refractivity contribution in [3.8, 4) is 0 Å². The second-order valence-corrected chi connectivity index (χ2v) is 3.28. The van der Waals surface area contributed by atoms with Crippen LogP contribution in [0.4, 0.5) is 13.2 Å². The van der Waals surface area contributed by atoms with E-state index in [4.69, 9.17) is 17.3 Å². The Morgan fingerprint density at radius 3 is 2.43 bits per heavy atom. The zero-order valence-electron chi connectivity index (χ0n) is 7.27. The molecule has 0 amide bonds. The number of aromatic nitrogens is 1. The van der Waals surface area contributed by atoms with Gasteiger partial charge in [0.1, 0.15) is 10.8 Å². The molecule has 0 saturated carbocycles. The van der Waals surface area contributed by atoms with Crippen LogP contribution in [0.1, 0.15) is 24.2 Å². The summed E-state index contributed by atoms with van der Waals surface area (Å²) in [5.41, 5.74) is 4.74. The van der Waals surface area contributed by atoms with E-state index in [1.807, 2.05) is 0 Å². The molecular weight excluding hydrogens is 217 g/mol. The number of nitrogens with zero attached hydrogens (tertiary/aromatic N) is 1. The van der Waals surface area contributed by atoms with E-state index in [-0.39, 0.29) is 5.15 Å². The van der Waals surface area contributed by atoms with E-state index in [1.165, 1.54) is 6.07 Å². The number of rotatable bonds is 1. The largest absolute Gasteiger partial charge is 0.433 e. The normalized spacial score (nSPS) is 14.1. The highest BCUT2D eigenvalue weighted by atomic mass is 35.5. The van der Waals surface area contributed by atoms with Gasteiger partial charge < -0.3 is 5.73 Å². The highest BCUT2D eigenvalue weighted by Crippen LogP contribution is 2.30. The summed E-state index contributed by atoms with van der Waals surface area (Å²) in [6, 6.07) is 1.72. The Labute approximate surface area is 83.9 Å². The van der Waals surface area contributed by atoms with E-state index in [9.17, 15) is 13.2 Å². The molecule has 0 aliphatic carbocycles. The summed E-state index contributed by atoms with van der Waals surface area (Å²) in [7, 11) is 0. The van der Waals surface area contributed by atoms with Crippen molar-refractivity contribution in [3.63, 3.8) is 0 Å². The smallest absolute Gasteiger partial charge is 0.324 e. The topological polar surface area (TPSA) is 38.9 Å². The highest BCUT2D eigenvalue weighted by Gasteiger charge is 2.33. The van der Waals surface area contributed by atoms with Crippen LogP contribution in [0.25, 0.3) is 0 Å². The predicted molar refractivity (Wildman–Crippen MR) is 46.9 cm³/mol. The van der Waals surface area contributed by atoms with Crippen LogP contribution in [0.3, 0.4) is 0 Å². The van der Waals surface area contributed by atoms with Gasteiger partial charge in [-0.25, -0.2) is 4.98 Å². The van der Waals surface area contributed by atoms with Gasteiger partial charge in [-0.2, -0.15) is 13.2 Å². The monoisotopic (exact) mass is 224 g/mol. The van der Waals surface area contributed by atoms with E-state index < -0.39 is 17.9 Å². The molecule has 0 bridgehead atoms. The molecule has 1 rings (SSSR count). The molecule has 0 radical (unpaired) electrons. The van der Waals surface area contributed by atoms with Crippen LogP contribution in [0.2, 0.25) is 5.15 Å². The van der Waals surface area contributed by atoms with Crippen molar-refractivity contribution in [2.75, 3.05) is 0 Å². The van der Waals surface area contributed by atoms with Gasteiger partial charge in [-0.15, -0.1) is 0 Å². The van der Waals surface area contributed by atoms with Crippen molar-refractivity contribution in [2.45, 2.75) is 19.1 Å². The van der Waals surface area contributed by atoms with Gasteiger partial charge >= 0.3 is 6.18 Å². The molecule has 2 N–H and O–H groups in total. The minimum atomic E-state index is -4.49. The quantitative estimate of drug-likeness (QED) is 0.745. The van der Waals surface area contributed by atoms with E-state index in [2.05, 4.69) is 4.98 Å². The van der Waals surface area contributed by atoms with Gasteiger partial charge in [0, 0.05) is 6.04 Å². The average molecular weight is 225 g/mol. The molecule has 0 aliphatic rings. The number of hydrogen-bond acceptors (Lipinski definition) is 2. The zero-order chi connectivity index (χ0) is 10.9. The van der Waals surface area contributed by atoms with Gasteiger partial charge in [-0.05, 0) is 24.6 Å². The second-order valence-electron chi connectivity index (χ2n) is 2.89. The lowest BCUT2D eigenvalue weighted by molar-refractivity contribution is -0.141. The summed E-state index contributed by atoms with van der Waals surface area (Å²) in [6.07, 6.45) is -4.49. The molecular formula is C8H8ClF3N2. The van der Waals surface area contributed by atoms with Crippen molar-refractivity contribution in [2.24, 2.45) is 5.73 Å². The first-order valence-electron chi connectivity index (χ1n) is 3.81. The maximum atomic E-state index is 12.2. The summed E-state index contributed by atoms with van der Waals surface area (Å²) in [4.78, 5) is 3.17. The maximum Gasteiger partial charge on any atom is 0.433 e. The Balaban J connectivity index is 3.21. The lowest BCUT2D eigenvalue weighted by atomic mass is 10.1. The molecule has 0 spiro atoms. The lowest BCUT2D eigenvalue weighted by Crippen LogP contribution is -2.12. The van der Waals surface area contributed by atoms with E-state index >= 15 is 0 Å². The van der Waals surface area contributed by atoms with Crippen LogP contribution in [0.15, 0.2) is 12.1 Å². The third kappa shape index (κ3) is 2.59. The van der Waals surface area contributed by atoms with Crippen molar-refractivity contribution < 1.29 is 13.2 Å². The predicted octanol–water partition coefficient (Wildman–Crippen LogP) is 2.77. The zero-order valence-corrected chi connectivity index (χ0v) is 8.02. The number of pyridine rings is 1. The second kappa shape index (κ2) is 3.74. The summed E-state index contributed by atoms with van der Waals surface area (Å²) < 4.78 is 36.7. The van der Waals surface area contributed by atoms with Gasteiger partial charge in [0.2, 0.25) is 0 Å². The van der Waals surface area contributed by atoms with Crippen LogP contribution in [-0.4, -0.2) is 4.98 Å². The summed E-state index contributed by atoms with van der Waals surface area (Å²) in [5, 5.41) is -0.202. The first-order chi connectivity index (χ1) is 6.30. The Hall–Kier alpha value is -0.810. The fourth-order valence-electron chi connectivity index (χ4n) is 0.925. The van der Waals surface area contributed by atoms with Crippen molar-refractivity contribution in [1.82, 2.24) is 4.98 Å². The minimum absolute atomic E-state index is 0.202. The Kier molecular flexibility index (Phi) is 3.01. The first kappa shape index (κ1) is 11.3. The van der Waals surface area contributed by atoms with Crippen molar-refractivity contribution in [3.05, 3.63) is 28.5 Å². The molecule has 78 valence electrons. The number of alkyl halides is 3. The summed E-state index contributed by atoms with van der Waals surface area (Å²) in [5.74, 6) is 0. The van der Waals surface area contributed by atoms with Crippen LogP contribution < -0.4 is 5.73 Å². The molecule has 1 aromatic heterocycles. The molecule has 1 atom stereocenters. The first-order valence-corrected chi connectivity index (χ1v) is 4.19. The van der Waals surface area contributed by atoms with E-state index in [1.54, 1.807) is 6.92 Å². The van der Waals surface area contributed by atoms with Gasteiger partial charge in [0.05, 0.1) is 0 Å². The van der Waals surface area contributed by atoms with Gasteiger partial charge in [0.15, 0.2) is 0 Å². The molecule has 2 nitrogen and oxygen atoms in total. The SMILES string of the molecule is C[C@H](N)c1cc(Cl)nc(C(F)(F)F)c1. The maximum absolute atomic E-state index is 12.2.